The van der Waals surface area contributed by atoms with E-state index in [1.807, 2.05) is 6.92 Å². The number of amides is 1. The maximum Gasteiger partial charge on any atom is 0.270 e. The number of unbranched alkanes of at least 4 members (excludes halogenated alkanes) is 1. The average Bonchev–Trinajstić information content (AvgIpc) is 2.58. The number of nitro groups is 1. The maximum absolute atomic E-state index is 12.5. The Kier molecular flexibility index (Phi) is 7.94. The number of nitrogens with one attached hydrogen (secondary N) is 1. The smallest absolute Gasteiger partial charge is 0.270 e. The number of nitrogens with two attached hydrogens (primary N) is 1. The molecule has 0 bridgehead atoms. The van der Waals surface area contributed by atoms with E-state index in [4.69, 9.17) is 5.73 Å². The number of hydrogen-bond donors (Lipinski definition) is 2. The summed E-state index contributed by atoms with van der Waals surface area (Å²) in [6, 6.07) is 4.50. The number of rotatable bonds is 10. The van der Waals surface area contributed by atoms with E-state index in [1.54, 1.807) is 0 Å². The van der Waals surface area contributed by atoms with Gasteiger partial charge in [-0.15, -0.1) is 0 Å². The first-order chi connectivity index (χ1) is 11.7. The lowest BCUT2D eigenvalue weighted by atomic mass is 10.1. The molecule has 0 aliphatic heterocycles. The van der Waals surface area contributed by atoms with Crippen LogP contribution in [0.25, 0.3) is 0 Å². The summed E-state index contributed by atoms with van der Waals surface area (Å²) in [4.78, 5) is 21.9. The third-order valence-corrected chi connectivity index (χ3v) is 5.46. The molecule has 140 valence electrons. The minimum absolute atomic E-state index is 0.207. The Balaban J connectivity index is 2.80. The Labute approximate surface area is 147 Å². The monoisotopic (exact) mass is 372 g/mol. The minimum atomic E-state index is -4.01. The number of carbonyl (C=O) groups is 1. The molecule has 1 aromatic rings. The van der Waals surface area contributed by atoms with Crippen LogP contribution in [0.3, 0.4) is 0 Å². The van der Waals surface area contributed by atoms with Crippen LogP contribution in [0, 0.1) is 10.1 Å². The van der Waals surface area contributed by atoms with Gasteiger partial charge in [-0.1, -0.05) is 25.8 Å². The topological polar surface area (TPSA) is 136 Å². The molecule has 0 aliphatic carbocycles. The van der Waals surface area contributed by atoms with E-state index in [0.29, 0.717) is 0 Å². The van der Waals surface area contributed by atoms with Gasteiger partial charge in [-0.2, -0.15) is 4.31 Å². The molecule has 1 aromatic carbocycles. The highest BCUT2D eigenvalue weighted by atomic mass is 32.2. The second-order valence-corrected chi connectivity index (χ2v) is 7.70. The molecular formula is C15H24N4O5S. The van der Waals surface area contributed by atoms with Gasteiger partial charge in [0.1, 0.15) is 0 Å². The lowest BCUT2D eigenvalue weighted by Gasteiger charge is -2.20. The first kappa shape index (κ1) is 21.0. The van der Waals surface area contributed by atoms with Crippen molar-refractivity contribution >= 4 is 21.6 Å². The summed E-state index contributed by atoms with van der Waals surface area (Å²) in [5.41, 5.74) is 5.27. The van der Waals surface area contributed by atoms with Crippen molar-refractivity contribution in [3.8, 4) is 0 Å². The Morgan fingerprint density at radius 1 is 1.44 bits per heavy atom. The average molecular weight is 372 g/mol. The molecule has 0 spiro atoms. The summed E-state index contributed by atoms with van der Waals surface area (Å²) in [6.45, 7) is 1.90. The van der Waals surface area contributed by atoms with E-state index in [0.717, 1.165) is 29.6 Å². The maximum atomic E-state index is 12.5. The van der Waals surface area contributed by atoms with Crippen molar-refractivity contribution in [3.63, 3.8) is 0 Å². The lowest BCUT2D eigenvalue weighted by molar-refractivity contribution is -0.385. The van der Waals surface area contributed by atoms with Gasteiger partial charge in [0.15, 0.2) is 0 Å². The van der Waals surface area contributed by atoms with Gasteiger partial charge in [0.25, 0.3) is 5.69 Å². The molecule has 0 saturated heterocycles. The van der Waals surface area contributed by atoms with Gasteiger partial charge in [0, 0.05) is 31.8 Å². The van der Waals surface area contributed by atoms with Crippen LogP contribution < -0.4 is 11.1 Å². The molecule has 0 aromatic heterocycles. The third-order valence-electron chi connectivity index (χ3n) is 3.66. The molecule has 3 N–H and O–H groups in total. The fourth-order valence-corrected chi connectivity index (χ4v) is 3.36. The molecule has 0 saturated carbocycles. The highest BCUT2D eigenvalue weighted by Crippen LogP contribution is 2.20. The molecule has 0 heterocycles. The molecule has 9 nitrogen and oxygen atoms in total. The number of hydrogen-bond acceptors (Lipinski definition) is 6. The Morgan fingerprint density at radius 2 is 2.12 bits per heavy atom. The molecule has 0 radical (unpaired) electrons. The van der Waals surface area contributed by atoms with Gasteiger partial charge < -0.3 is 11.1 Å². The number of non-ortho nitro benzene ring substituents is 1. The zero-order chi connectivity index (χ0) is 19.0. The van der Waals surface area contributed by atoms with Crippen molar-refractivity contribution in [3.05, 3.63) is 34.4 Å². The van der Waals surface area contributed by atoms with Crippen LogP contribution in [-0.4, -0.2) is 49.7 Å². The number of benzene rings is 1. The van der Waals surface area contributed by atoms with Gasteiger partial charge >= 0.3 is 0 Å². The summed E-state index contributed by atoms with van der Waals surface area (Å²) in [6.07, 6.45) is 2.59. The Morgan fingerprint density at radius 3 is 2.68 bits per heavy atom. The summed E-state index contributed by atoms with van der Waals surface area (Å²) in [5.74, 6) is -0.469. The largest absolute Gasteiger partial charge is 0.351 e. The molecule has 10 heteroatoms. The van der Waals surface area contributed by atoms with Crippen molar-refractivity contribution in [2.45, 2.75) is 37.1 Å². The number of likely N-dealkylation sites (N-methyl/N-ethyl adjacent to an activating group) is 1. The van der Waals surface area contributed by atoms with Crippen LogP contribution in [0.4, 0.5) is 5.69 Å². The lowest BCUT2D eigenvalue weighted by Crippen LogP contribution is -2.45. The van der Waals surface area contributed by atoms with E-state index >= 15 is 0 Å². The van der Waals surface area contributed by atoms with Crippen LogP contribution in [0.2, 0.25) is 0 Å². The first-order valence-corrected chi connectivity index (χ1v) is 9.36. The van der Waals surface area contributed by atoms with Gasteiger partial charge in [-0.3, -0.25) is 14.9 Å². The van der Waals surface area contributed by atoms with Crippen LogP contribution in [0.5, 0.6) is 0 Å². The number of sulfonamides is 1. The van der Waals surface area contributed by atoms with E-state index in [1.165, 1.54) is 25.2 Å². The van der Waals surface area contributed by atoms with Crippen molar-refractivity contribution in [1.29, 1.82) is 0 Å². The highest BCUT2D eigenvalue weighted by Gasteiger charge is 2.25. The molecule has 25 heavy (non-hydrogen) atoms. The van der Waals surface area contributed by atoms with E-state index < -0.39 is 27.4 Å². The molecule has 0 aliphatic rings. The van der Waals surface area contributed by atoms with Crippen molar-refractivity contribution in [2.75, 3.05) is 20.1 Å². The normalized spacial score (nSPS) is 12.8. The predicted molar refractivity (Wildman–Crippen MR) is 93.4 cm³/mol. The molecule has 1 amide bonds. The molecular weight excluding hydrogens is 348 g/mol. The highest BCUT2D eigenvalue weighted by molar-refractivity contribution is 7.89. The molecule has 0 fully saturated rings. The molecule has 1 atom stereocenters. The second kappa shape index (κ2) is 9.44. The molecule has 1 unspecified atom stereocenters. The van der Waals surface area contributed by atoms with Gasteiger partial charge in [-0.25, -0.2) is 8.42 Å². The third kappa shape index (κ3) is 6.07. The van der Waals surface area contributed by atoms with Gasteiger partial charge in [-0.05, 0) is 12.5 Å². The van der Waals surface area contributed by atoms with Crippen molar-refractivity contribution in [1.82, 2.24) is 9.62 Å². The van der Waals surface area contributed by atoms with Crippen LogP contribution in [0.1, 0.15) is 26.2 Å². The van der Waals surface area contributed by atoms with E-state index in [2.05, 4.69) is 5.32 Å². The summed E-state index contributed by atoms with van der Waals surface area (Å²) < 4.78 is 25.8. The zero-order valence-corrected chi connectivity index (χ0v) is 15.2. The van der Waals surface area contributed by atoms with Crippen molar-refractivity contribution < 1.29 is 18.1 Å². The summed E-state index contributed by atoms with van der Waals surface area (Å²) in [5, 5.41) is 13.5. The standard InChI is InChI=1S/C15H24N4O5S/c1-3-4-6-12(10-16)17-15(20)11-18(2)25(23,24)14-8-5-7-13(9-14)19(21)22/h5,7-9,12H,3-4,6,10-11,16H2,1-2H3,(H,17,20). The number of nitrogens with zero attached hydrogens (tertiary/aromatic N) is 2. The van der Waals surface area contributed by atoms with Crippen molar-refractivity contribution in [2.24, 2.45) is 5.73 Å². The first-order valence-electron chi connectivity index (χ1n) is 7.92. The quantitative estimate of drug-likeness (QED) is 0.461. The molecule has 1 rings (SSSR count). The summed E-state index contributed by atoms with van der Waals surface area (Å²) in [7, 11) is -2.77. The predicted octanol–water partition coefficient (Wildman–Crippen LogP) is 0.849. The fourth-order valence-electron chi connectivity index (χ4n) is 2.20. The van der Waals surface area contributed by atoms with Crippen LogP contribution >= 0.6 is 0 Å². The summed E-state index contributed by atoms with van der Waals surface area (Å²) >= 11 is 0. The zero-order valence-electron chi connectivity index (χ0n) is 14.3. The number of nitro benzene ring substituents is 1. The van der Waals surface area contributed by atoms with Gasteiger partial charge in [0.2, 0.25) is 15.9 Å². The fraction of sp³-hybridized carbons (Fsp3) is 0.533. The van der Waals surface area contributed by atoms with Crippen LogP contribution in [0.15, 0.2) is 29.2 Å². The Bertz CT molecular complexity index is 708. The van der Waals surface area contributed by atoms with Gasteiger partial charge in [0.05, 0.1) is 16.4 Å². The second-order valence-electron chi connectivity index (χ2n) is 5.66. The SMILES string of the molecule is CCCCC(CN)NC(=O)CN(C)S(=O)(=O)c1cccc([N+](=O)[O-])c1. The van der Waals surface area contributed by atoms with Crippen LogP contribution in [-0.2, 0) is 14.8 Å². The number of carbonyl (C=O) groups excluding carboxylic acids is 1. The van der Waals surface area contributed by atoms with E-state index in [-0.39, 0.29) is 23.2 Å². The minimum Gasteiger partial charge on any atom is -0.351 e. The Hall–Kier alpha value is -2.04. The van der Waals surface area contributed by atoms with E-state index in [9.17, 15) is 23.3 Å².